The molecule has 0 heterocycles. The van der Waals surface area contributed by atoms with E-state index in [1.807, 2.05) is 0 Å². The Morgan fingerprint density at radius 1 is 1.42 bits per heavy atom. The normalized spacial score (nSPS) is 11.2. The number of nitrogens with zero attached hydrogens (tertiary/aromatic N) is 1. The summed E-state index contributed by atoms with van der Waals surface area (Å²) in [6, 6.07) is 3.80. The van der Waals surface area contributed by atoms with Crippen molar-refractivity contribution in [3.63, 3.8) is 0 Å². The molecule has 0 aliphatic heterocycles. The number of halogens is 3. The molecular formula is C11H11F3N2O3. The molecular weight excluding hydrogens is 265 g/mol. The van der Waals surface area contributed by atoms with Crippen LogP contribution in [-0.4, -0.2) is 17.0 Å². The Morgan fingerprint density at radius 3 is 2.53 bits per heavy atom. The van der Waals surface area contributed by atoms with Crippen LogP contribution in [0.3, 0.4) is 0 Å². The number of aryl methyl sites for hydroxylation is 1. The first-order valence-electron chi connectivity index (χ1n) is 5.30. The maximum Gasteiger partial charge on any atom is 0.389 e. The highest BCUT2D eigenvalue weighted by atomic mass is 19.4. The van der Waals surface area contributed by atoms with Gasteiger partial charge in [-0.1, -0.05) is 0 Å². The number of alkyl halides is 3. The van der Waals surface area contributed by atoms with E-state index in [1.165, 1.54) is 25.1 Å². The molecule has 0 atom stereocenters. The van der Waals surface area contributed by atoms with Crippen molar-refractivity contribution in [3.8, 4) is 0 Å². The van der Waals surface area contributed by atoms with Gasteiger partial charge in [-0.05, 0) is 19.1 Å². The predicted molar refractivity (Wildman–Crippen MR) is 61.8 cm³/mol. The second kappa shape index (κ2) is 5.68. The van der Waals surface area contributed by atoms with Crippen LogP contribution in [0.2, 0.25) is 0 Å². The van der Waals surface area contributed by atoms with E-state index in [0.29, 0.717) is 5.56 Å². The highest BCUT2D eigenvalue weighted by Gasteiger charge is 2.27. The lowest BCUT2D eigenvalue weighted by atomic mass is 10.2. The molecule has 0 bridgehead atoms. The van der Waals surface area contributed by atoms with Crippen molar-refractivity contribution in [1.29, 1.82) is 0 Å². The summed E-state index contributed by atoms with van der Waals surface area (Å²) in [5, 5.41) is 12.8. The molecule has 8 heteroatoms. The molecule has 0 fully saturated rings. The Balaban J connectivity index is 2.65. The van der Waals surface area contributed by atoms with Crippen LogP contribution in [0.15, 0.2) is 18.2 Å². The van der Waals surface area contributed by atoms with Gasteiger partial charge >= 0.3 is 6.18 Å². The zero-order valence-corrected chi connectivity index (χ0v) is 9.95. The molecule has 0 radical (unpaired) electrons. The summed E-state index contributed by atoms with van der Waals surface area (Å²) in [7, 11) is 0. The van der Waals surface area contributed by atoms with Crippen molar-refractivity contribution in [2.45, 2.75) is 25.9 Å². The maximum absolute atomic E-state index is 11.9. The first-order chi connectivity index (χ1) is 8.69. The summed E-state index contributed by atoms with van der Waals surface area (Å²) in [5.74, 6) is -0.787. The number of nitro groups is 1. The van der Waals surface area contributed by atoms with Crippen LogP contribution in [0.25, 0.3) is 0 Å². The van der Waals surface area contributed by atoms with Gasteiger partial charge in [0, 0.05) is 23.7 Å². The highest BCUT2D eigenvalue weighted by Crippen LogP contribution is 2.23. The Hall–Kier alpha value is -2.12. The van der Waals surface area contributed by atoms with Crippen molar-refractivity contribution in [3.05, 3.63) is 33.9 Å². The number of rotatable bonds is 4. The van der Waals surface area contributed by atoms with Gasteiger partial charge in [-0.2, -0.15) is 13.2 Å². The number of anilines is 1. The lowest BCUT2D eigenvalue weighted by molar-refractivity contribution is -0.385. The number of amides is 1. The van der Waals surface area contributed by atoms with Crippen LogP contribution < -0.4 is 5.32 Å². The zero-order valence-electron chi connectivity index (χ0n) is 9.95. The SMILES string of the molecule is Cc1cc(NC(=O)CCC(F)(F)F)ccc1[N+](=O)[O-]. The van der Waals surface area contributed by atoms with Crippen molar-refractivity contribution in [1.82, 2.24) is 0 Å². The summed E-state index contributed by atoms with van der Waals surface area (Å²) < 4.78 is 35.7. The number of hydrogen-bond donors (Lipinski definition) is 1. The molecule has 0 spiro atoms. The van der Waals surface area contributed by atoms with E-state index in [4.69, 9.17) is 0 Å². The molecule has 1 aromatic rings. The molecule has 104 valence electrons. The van der Waals surface area contributed by atoms with Crippen LogP contribution in [0, 0.1) is 17.0 Å². The van der Waals surface area contributed by atoms with Gasteiger partial charge in [0.1, 0.15) is 0 Å². The topological polar surface area (TPSA) is 72.2 Å². The van der Waals surface area contributed by atoms with E-state index in [1.54, 1.807) is 0 Å². The number of carbonyl (C=O) groups excluding carboxylic acids is 1. The third kappa shape index (κ3) is 4.94. The monoisotopic (exact) mass is 276 g/mol. The molecule has 1 N–H and O–H groups in total. The zero-order chi connectivity index (χ0) is 14.6. The average Bonchev–Trinajstić information content (AvgIpc) is 2.25. The quantitative estimate of drug-likeness (QED) is 0.678. The minimum Gasteiger partial charge on any atom is -0.326 e. The number of nitrogens with one attached hydrogen (secondary N) is 1. The van der Waals surface area contributed by atoms with Gasteiger partial charge in [-0.25, -0.2) is 0 Å². The number of nitro benzene ring substituents is 1. The van der Waals surface area contributed by atoms with Gasteiger partial charge in [-0.3, -0.25) is 14.9 Å². The van der Waals surface area contributed by atoms with Gasteiger partial charge in [0.2, 0.25) is 5.91 Å². The molecule has 0 aliphatic carbocycles. The molecule has 0 saturated heterocycles. The Morgan fingerprint density at radius 2 is 2.05 bits per heavy atom. The lowest BCUT2D eigenvalue weighted by Crippen LogP contribution is -2.16. The Labute approximate surface area is 106 Å². The highest BCUT2D eigenvalue weighted by molar-refractivity contribution is 5.90. The van der Waals surface area contributed by atoms with E-state index in [0.717, 1.165) is 0 Å². The van der Waals surface area contributed by atoms with Crippen molar-refractivity contribution in [2.24, 2.45) is 0 Å². The van der Waals surface area contributed by atoms with E-state index in [2.05, 4.69) is 5.32 Å². The summed E-state index contributed by atoms with van der Waals surface area (Å²) in [6.07, 6.45) is -6.27. The first kappa shape index (κ1) is 14.9. The summed E-state index contributed by atoms with van der Waals surface area (Å²) >= 11 is 0. The van der Waals surface area contributed by atoms with Crippen LogP contribution in [0.1, 0.15) is 18.4 Å². The predicted octanol–water partition coefficient (Wildman–Crippen LogP) is 3.18. The number of hydrogen-bond acceptors (Lipinski definition) is 3. The van der Waals surface area contributed by atoms with Gasteiger partial charge < -0.3 is 5.32 Å². The lowest BCUT2D eigenvalue weighted by Gasteiger charge is -2.08. The summed E-state index contributed by atoms with van der Waals surface area (Å²) in [6.45, 7) is 1.48. The van der Waals surface area contributed by atoms with E-state index < -0.39 is 29.8 Å². The standard InChI is InChI=1S/C11H11F3N2O3/c1-7-6-8(2-3-9(7)16(18)19)15-10(17)4-5-11(12,13)14/h2-3,6H,4-5H2,1H3,(H,15,17). The number of benzene rings is 1. The summed E-state index contributed by atoms with van der Waals surface area (Å²) in [5.41, 5.74) is 0.433. The van der Waals surface area contributed by atoms with Gasteiger partial charge in [-0.15, -0.1) is 0 Å². The molecule has 19 heavy (non-hydrogen) atoms. The third-order valence-electron chi connectivity index (χ3n) is 2.31. The second-order valence-corrected chi connectivity index (χ2v) is 3.92. The molecule has 1 amide bonds. The largest absolute Gasteiger partial charge is 0.389 e. The Kier molecular flexibility index (Phi) is 4.47. The molecule has 1 aromatic carbocycles. The third-order valence-corrected chi connectivity index (χ3v) is 2.31. The van der Waals surface area contributed by atoms with Crippen LogP contribution in [0.4, 0.5) is 24.5 Å². The second-order valence-electron chi connectivity index (χ2n) is 3.92. The number of carbonyl (C=O) groups is 1. The molecule has 0 aromatic heterocycles. The molecule has 1 rings (SSSR count). The van der Waals surface area contributed by atoms with Crippen LogP contribution >= 0.6 is 0 Å². The van der Waals surface area contributed by atoms with Crippen LogP contribution in [0.5, 0.6) is 0 Å². The van der Waals surface area contributed by atoms with Crippen molar-refractivity contribution >= 4 is 17.3 Å². The van der Waals surface area contributed by atoms with Gasteiger partial charge in [0.15, 0.2) is 0 Å². The molecule has 0 saturated carbocycles. The van der Waals surface area contributed by atoms with Crippen molar-refractivity contribution < 1.29 is 22.9 Å². The smallest absolute Gasteiger partial charge is 0.326 e. The van der Waals surface area contributed by atoms with Gasteiger partial charge in [0.05, 0.1) is 11.3 Å². The fourth-order valence-electron chi connectivity index (χ4n) is 1.42. The minimum absolute atomic E-state index is 0.117. The van der Waals surface area contributed by atoms with E-state index in [9.17, 15) is 28.1 Å². The van der Waals surface area contributed by atoms with E-state index in [-0.39, 0.29) is 11.4 Å². The van der Waals surface area contributed by atoms with Crippen molar-refractivity contribution in [2.75, 3.05) is 5.32 Å². The molecule has 5 nitrogen and oxygen atoms in total. The molecule has 0 aliphatic rings. The van der Waals surface area contributed by atoms with E-state index >= 15 is 0 Å². The van der Waals surface area contributed by atoms with Gasteiger partial charge in [0.25, 0.3) is 5.69 Å². The fraction of sp³-hybridized carbons (Fsp3) is 0.364. The minimum atomic E-state index is -4.39. The first-order valence-corrected chi connectivity index (χ1v) is 5.30. The molecule has 0 unspecified atom stereocenters. The van der Waals surface area contributed by atoms with Crippen LogP contribution in [-0.2, 0) is 4.79 Å². The Bertz CT molecular complexity index is 500. The maximum atomic E-state index is 11.9. The fourth-order valence-corrected chi connectivity index (χ4v) is 1.42. The summed E-state index contributed by atoms with van der Waals surface area (Å²) in [4.78, 5) is 21.2. The average molecular weight is 276 g/mol.